The summed E-state index contributed by atoms with van der Waals surface area (Å²) in [4.78, 5) is 13.4. The van der Waals surface area contributed by atoms with E-state index in [0.717, 1.165) is 22.4 Å². The van der Waals surface area contributed by atoms with Crippen molar-refractivity contribution in [3.63, 3.8) is 0 Å². The lowest BCUT2D eigenvalue weighted by atomic mass is 9.97. The first kappa shape index (κ1) is 13.8. The molecule has 0 saturated heterocycles. The second kappa shape index (κ2) is 6.02. The highest BCUT2D eigenvalue weighted by Gasteiger charge is 2.14. The van der Waals surface area contributed by atoms with Crippen LogP contribution in [0.5, 0.6) is 0 Å². The zero-order chi connectivity index (χ0) is 14.5. The highest BCUT2D eigenvalue weighted by molar-refractivity contribution is 6.03. The van der Waals surface area contributed by atoms with Gasteiger partial charge in [-0.3, -0.25) is 4.79 Å². The van der Waals surface area contributed by atoms with Crippen molar-refractivity contribution in [3.8, 4) is 0 Å². The number of hydrogen-bond acceptors (Lipinski definition) is 1. The molecule has 0 heterocycles. The highest BCUT2D eigenvalue weighted by atomic mass is 16.2. The fourth-order valence-corrected chi connectivity index (χ4v) is 2.07. The highest BCUT2D eigenvalue weighted by Crippen LogP contribution is 2.30. The summed E-state index contributed by atoms with van der Waals surface area (Å²) in [6, 6.07) is 17.7. The molecule has 20 heavy (non-hydrogen) atoms. The van der Waals surface area contributed by atoms with Crippen LogP contribution in [0.15, 0.2) is 73.8 Å². The number of amides is 1. The first-order valence-corrected chi connectivity index (χ1v) is 6.39. The van der Waals surface area contributed by atoms with Crippen molar-refractivity contribution in [1.82, 2.24) is 0 Å². The molecule has 0 bridgehead atoms. The summed E-state index contributed by atoms with van der Waals surface area (Å²) in [6.07, 6.45) is 1.31. The van der Waals surface area contributed by atoms with E-state index in [1.165, 1.54) is 6.08 Å². The van der Waals surface area contributed by atoms with Gasteiger partial charge in [-0.15, -0.1) is 0 Å². The normalized spacial score (nSPS) is 9.85. The van der Waals surface area contributed by atoms with E-state index in [2.05, 4.69) is 13.2 Å². The van der Waals surface area contributed by atoms with Gasteiger partial charge in [-0.05, 0) is 23.3 Å². The molecule has 1 amide bonds. The molecule has 2 rings (SSSR count). The van der Waals surface area contributed by atoms with Crippen molar-refractivity contribution in [2.45, 2.75) is 0 Å². The van der Waals surface area contributed by atoms with Crippen molar-refractivity contribution in [2.24, 2.45) is 0 Å². The fourth-order valence-electron chi connectivity index (χ4n) is 2.07. The van der Waals surface area contributed by atoms with Crippen LogP contribution in [0.25, 0.3) is 5.57 Å². The zero-order valence-electron chi connectivity index (χ0n) is 11.5. The molecule has 0 aliphatic carbocycles. The number of carbonyl (C=O) groups is 1. The van der Waals surface area contributed by atoms with Gasteiger partial charge in [-0.2, -0.15) is 0 Å². The summed E-state index contributed by atoms with van der Waals surface area (Å²) in [7, 11) is 1.74. The topological polar surface area (TPSA) is 20.3 Å². The summed E-state index contributed by atoms with van der Waals surface area (Å²) in [6.45, 7) is 7.69. The third-order valence-corrected chi connectivity index (χ3v) is 3.22. The van der Waals surface area contributed by atoms with Gasteiger partial charge in [0.15, 0.2) is 0 Å². The Morgan fingerprint density at radius 2 is 1.65 bits per heavy atom. The number of likely N-dealkylation sites (N-methyl/N-ethyl adjacent to an activating group) is 1. The molecule has 0 aliphatic rings. The maximum absolute atomic E-state index is 11.8. The molecular weight excluding hydrogens is 246 g/mol. The number of carbonyl (C=O) groups excluding carboxylic acids is 1. The minimum Gasteiger partial charge on any atom is -0.311 e. The molecule has 2 aromatic rings. The van der Waals surface area contributed by atoms with E-state index in [1.54, 1.807) is 11.9 Å². The Morgan fingerprint density at radius 1 is 1.05 bits per heavy atom. The SMILES string of the molecule is C=CC(=O)N(C)c1ccccc1C(=C)c1ccccc1. The van der Waals surface area contributed by atoms with Gasteiger partial charge >= 0.3 is 0 Å². The van der Waals surface area contributed by atoms with E-state index in [0.29, 0.717) is 0 Å². The van der Waals surface area contributed by atoms with E-state index in [1.807, 2.05) is 54.6 Å². The molecule has 0 atom stereocenters. The average molecular weight is 263 g/mol. The van der Waals surface area contributed by atoms with E-state index < -0.39 is 0 Å². The molecule has 2 nitrogen and oxygen atoms in total. The molecule has 0 spiro atoms. The summed E-state index contributed by atoms with van der Waals surface area (Å²) < 4.78 is 0. The van der Waals surface area contributed by atoms with Crippen molar-refractivity contribution in [2.75, 3.05) is 11.9 Å². The zero-order valence-corrected chi connectivity index (χ0v) is 11.5. The lowest BCUT2D eigenvalue weighted by Crippen LogP contribution is -2.24. The minimum atomic E-state index is -0.140. The third kappa shape index (κ3) is 2.69. The second-order valence-corrected chi connectivity index (χ2v) is 4.46. The lowest BCUT2D eigenvalue weighted by Gasteiger charge is -2.20. The maximum Gasteiger partial charge on any atom is 0.250 e. The van der Waals surface area contributed by atoms with Crippen molar-refractivity contribution >= 4 is 17.2 Å². The minimum absolute atomic E-state index is 0.140. The van der Waals surface area contributed by atoms with Gasteiger partial charge in [0.05, 0.1) is 5.69 Å². The van der Waals surface area contributed by atoms with Crippen LogP contribution < -0.4 is 4.90 Å². The molecule has 2 aromatic carbocycles. The van der Waals surface area contributed by atoms with Gasteiger partial charge in [-0.25, -0.2) is 0 Å². The Morgan fingerprint density at radius 3 is 2.30 bits per heavy atom. The summed E-state index contributed by atoms with van der Waals surface area (Å²) in [5.41, 5.74) is 3.70. The molecule has 100 valence electrons. The smallest absolute Gasteiger partial charge is 0.250 e. The van der Waals surface area contributed by atoms with Crippen LogP contribution in [0.1, 0.15) is 11.1 Å². The predicted octanol–water partition coefficient (Wildman–Crippen LogP) is 3.90. The van der Waals surface area contributed by atoms with Gasteiger partial charge < -0.3 is 4.90 Å². The van der Waals surface area contributed by atoms with Crippen molar-refractivity contribution in [3.05, 3.63) is 85.0 Å². The fraction of sp³-hybridized carbons (Fsp3) is 0.0556. The maximum atomic E-state index is 11.8. The monoisotopic (exact) mass is 263 g/mol. The summed E-state index contributed by atoms with van der Waals surface area (Å²) >= 11 is 0. The molecule has 0 aliphatic heterocycles. The molecule has 0 N–H and O–H groups in total. The lowest BCUT2D eigenvalue weighted by molar-refractivity contribution is -0.113. The first-order valence-electron chi connectivity index (χ1n) is 6.39. The molecule has 0 saturated carbocycles. The van der Waals surface area contributed by atoms with E-state index in [9.17, 15) is 4.79 Å². The quantitative estimate of drug-likeness (QED) is 0.766. The standard InChI is InChI=1S/C18H17NO/c1-4-18(20)19(3)17-13-9-8-12-16(17)14(2)15-10-6-5-7-11-15/h4-13H,1-2H2,3H3. The van der Waals surface area contributed by atoms with Crippen LogP contribution in [0, 0.1) is 0 Å². The summed E-state index contributed by atoms with van der Waals surface area (Å²) in [5.74, 6) is -0.140. The Hall–Kier alpha value is -2.61. The molecular formula is C18H17NO. The van der Waals surface area contributed by atoms with E-state index >= 15 is 0 Å². The number of para-hydroxylation sites is 1. The van der Waals surface area contributed by atoms with Gasteiger partial charge in [0.2, 0.25) is 5.91 Å². The first-order chi connectivity index (χ1) is 9.65. The van der Waals surface area contributed by atoms with E-state index in [4.69, 9.17) is 0 Å². The predicted molar refractivity (Wildman–Crippen MR) is 84.6 cm³/mol. The Kier molecular flexibility index (Phi) is 4.16. The average Bonchev–Trinajstić information content (AvgIpc) is 2.53. The van der Waals surface area contributed by atoms with Crippen LogP contribution in [0.4, 0.5) is 5.69 Å². The molecule has 0 radical (unpaired) electrons. The third-order valence-electron chi connectivity index (χ3n) is 3.22. The summed E-state index contributed by atoms with van der Waals surface area (Å²) in [5, 5.41) is 0. The number of rotatable bonds is 4. The number of anilines is 1. The molecule has 0 fully saturated rings. The van der Waals surface area contributed by atoms with Gasteiger partial charge in [0.25, 0.3) is 0 Å². The number of hydrogen-bond donors (Lipinski definition) is 0. The molecule has 0 aromatic heterocycles. The van der Waals surface area contributed by atoms with Crippen LogP contribution in [0.3, 0.4) is 0 Å². The second-order valence-electron chi connectivity index (χ2n) is 4.46. The van der Waals surface area contributed by atoms with Crippen LogP contribution in [0.2, 0.25) is 0 Å². The van der Waals surface area contributed by atoms with Crippen molar-refractivity contribution in [1.29, 1.82) is 0 Å². The van der Waals surface area contributed by atoms with Crippen LogP contribution in [-0.2, 0) is 4.79 Å². The van der Waals surface area contributed by atoms with Crippen molar-refractivity contribution < 1.29 is 4.79 Å². The Labute approximate surface area is 119 Å². The Bertz CT molecular complexity index is 643. The largest absolute Gasteiger partial charge is 0.311 e. The number of benzene rings is 2. The van der Waals surface area contributed by atoms with Gasteiger partial charge in [0, 0.05) is 12.6 Å². The molecule has 0 unspecified atom stereocenters. The van der Waals surface area contributed by atoms with Gasteiger partial charge in [-0.1, -0.05) is 61.7 Å². The van der Waals surface area contributed by atoms with Gasteiger partial charge in [0.1, 0.15) is 0 Å². The van der Waals surface area contributed by atoms with Crippen LogP contribution in [-0.4, -0.2) is 13.0 Å². The van der Waals surface area contributed by atoms with Crippen LogP contribution >= 0.6 is 0 Å². The van der Waals surface area contributed by atoms with E-state index in [-0.39, 0.29) is 5.91 Å². The Balaban J connectivity index is 2.45. The molecule has 2 heteroatoms. The number of nitrogens with zero attached hydrogens (tertiary/aromatic N) is 1.